The van der Waals surface area contributed by atoms with E-state index in [9.17, 15) is 0 Å². The van der Waals surface area contributed by atoms with Gasteiger partial charge in [0.1, 0.15) is 5.75 Å². The van der Waals surface area contributed by atoms with Gasteiger partial charge in [0.15, 0.2) is 0 Å². The van der Waals surface area contributed by atoms with Crippen LogP contribution in [0.3, 0.4) is 0 Å². The van der Waals surface area contributed by atoms with Crippen LogP contribution in [-0.4, -0.2) is 27.4 Å². The number of aryl methyl sites for hydroxylation is 1. The molecule has 0 atom stereocenters. The number of nitrogens with one attached hydrogen (secondary N) is 1. The zero-order valence-electron chi connectivity index (χ0n) is 9.67. The summed E-state index contributed by atoms with van der Waals surface area (Å²) in [5, 5.41) is 3.29. The topological polar surface area (TPSA) is 30.5 Å². The van der Waals surface area contributed by atoms with Crippen molar-refractivity contribution in [1.82, 2.24) is 5.32 Å². The van der Waals surface area contributed by atoms with Gasteiger partial charge in [-0.2, -0.15) is 0 Å². The first kappa shape index (κ1) is 12.0. The third-order valence-corrected chi connectivity index (χ3v) is 2.28. The van der Waals surface area contributed by atoms with E-state index in [1.165, 1.54) is 5.56 Å². The second kappa shape index (κ2) is 6.43. The van der Waals surface area contributed by atoms with Crippen molar-refractivity contribution >= 4 is 0 Å². The van der Waals surface area contributed by atoms with Gasteiger partial charge in [0.25, 0.3) is 0 Å². The summed E-state index contributed by atoms with van der Waals surface area (Å²) >= 11 is 0. The first-order valence-electron chi connectivity index (χ1n) is 5.11. The Balaban J connectivity index is 2.47. The van der Waals surface area contributed by atoms with Crippen molar-refractivity contribution in [2.45, 2.75) is 13.5 Å². The molecule has 0 fully saturated rings. The number of methoxy groups -OCH3 is 2. The van der Waals surface area contributed by atoms with Crippen LogP contribution < -0.4 is 10.1 Å². The average Bonchev–Trinajstić information content (AvgIpc) is 2.26. The average molecular weight is 209 g/mol. The fourth-order valence-electron chi connectivity index (χ4n) is 1.38. The van der Waals surface area contributed by atoms with Gasteiger partial charge in [0.2, 0.25) is 0 Å². The van der Waals surface area contributed by atoms with Gasteiger partial charge in [-0.1, -0.05) is 12.1 Å². The fraction of sp³-hybridized carbons (Fsp3) is 0.500. The second-order valence-corrected chi connectivity index (χ2v) is 3.47. The molecule has 0 unspecified atom stereocenters. The number of hydrogen-bond donors (Lipinski definition) is 1. The highest BCUT2D eigenvalue weighted by molar-refractivity contribution is 5.36. The summed E-state index contributed by atoms with van der Waals surface area (Å²) in [6, 6.07) is 6.25. The molecule has 0 bridgehead atoms. The predicted octanol–water partition coefficient (Wildman–Crippen LogP) is 1.74. The van der Waals surface area contributed by atoms with Gasteiger partial charge in [0, 0.05) is 20.2 Å². The monoisotopic (exact) mass is 209 g/mol. The first-order chi connectivity index (χ1) is 7.27. The van der Waals surface area contributed by atoms with Crippen molar-refractivity contribution in [3.05, 3.63) is 29.3 Å². The minimum atomic E-state index is 0.739. The molecule has 0 heterocycles. The highest BCUT2D eigenvalue weighted by atomic mass is 16.5. The van der Waals surface area contributed by atoms with E-state index < -0.39 is 0 Å². The van der Waals surface area contributed by atoms with E-state index in [1.54, 1.807) is 14.2 Å². The number of benzene rings is 1. The second-order valence-electron chi connectivity index (χ2n) is 3.47. The molecule has 0 aliphatic carbocycles. The van der Waals surface area contributed by atoms with Crippen molar-refractivity contribution in [3.63, 3.8) is 0 Å². The standard InChI is InChI=1S/C12H19NO2/c1-10-4-5-11(8-12(10)15-3)9-13-6-7-14-2/h4-5,8,13H,6-7,9H2,1-3H3. The normalized spacial score (nSPS) is 10.3. The molecule has 1 N–H and O–H groups in total. The predicted molar refractivity (Wildman–Crippen MR) is 61.3 cm³/mol. The van der Waals surface area contributed by atoms with Crippen LogP contribution in [0, 0.1) is 6.92 Å². The maximum absolute atomic E-state index is 5.26. The number of rotatable bonds is 6. The summed E-state index contributed by atoms with van der Waals surface area (Å²) in [6.45, 7) is 4.50. The molecule has 3 nitrogen and oxygen atoms in total. The molecule has 0 amide bonds. The highest BCUT2D eigenvalue weighted by Crippen LogP contribution is 2.18. The van der Waals surface area contributed by atoms with Crippen LogP contribution in [0.4, 0.5) is 0 Å². The lowest BCUT2D eigenvalue weighted by atomic mass is 10.1. The molecule has 0 aliphatic heterocycles. The summed E-state index contributed by atoms with van der Waals surface area (Å²) < 4.78 is 10.2. The molecule has 3 heteroatoms. The first-order valence-corrected chi connectivity index (χ1v) is 5.11. The van der Waals surface area contributed by atoms with Gasteiger partial charge in [0.05, 0.1) is 13.7 Å². The number of hydrogen-bond acceptors (Lipinski definition) is 3. The Labute approximate surface area is 91.4 Å². The van der Waals surface area contributed by atoms with E-state index in [2.05, 4.69) is 23.5 Å². The fourth-order valence-corrected chi connectivity index (χ4v) is 1.38. The van der Waals surface area contributed by atoms with Crippen LogP contribution in [0.1, 0.15) is 11.1 Å². The maximum atomic E-state index is 5.26. The van der Waals surface area contributed by atoms with E-state index in [0.29, 0.717) is 0 Å². The molecule has 84 valence electrons. The Hall–Kier alpha value is -1.06. The summed E-state index contributed by atoms with van der Waals surface area (Å²) in [4.78, 5) is 0. The quantitative estimate of drug-likeness (QED) is 0.724. The van der Waals surface area contributed by atoms with Gasteiger partial charge >= 0.3 is 0 Å². The summed E-state index contributed by atoms with van der Waals surface area (Å²) in [6.07, 6.45) is 0. The van der Waals surface area contributed by atoms with Crippen molar-refractivity contribution in [2.24, 2.45) is 0 Å². The molecule has 0 saturated carbocycles. The SMILES string of the molecule is COCCNCc1ccc(C)c(OC)c1. The molecule has 1 rings (SSSR count). The van der Waals surface area contributed by atoms with E-state index in [-0.39, 0.29) is 0 Å². The maximum Gasteiger partial charge on any atom is 0.122 e. The third-order valence-electron chi connectivity index (χ3n) is 2.28. The van der Waals surface area contributed by atoms with Gasteiger partial charge in [-0.05, 0) is 24.1 Å². The Morgan fingerprint density at radius 2 is 2.07 bits per heavy atom. The van der Waals surface area contributed by atoms with Crippen LogP contribution in [-0.2, 0) is 11.3 Å². The van der Waals surface area contributed by atoms with E-state index >= 15 is 0 Å². The van der Waals surface area contributed by atoms with Crippen LogP contribution in [0.5, 0.6) is 5.75 Å². The van der Waals surface area contributed by atoms with Gasteiger partial charge in [-0.3, -0.25) is 0 Å². The van der Waals surface area contributed by atoms with Crippen LogP contribution in [0.2, 0.25) is 0 Å². The molecule has 15 heavy (non-hydrogen) atoms. The molecule has 1 aromatic rings. The van der Waals surface area contributed by atoms with E-state index in [4.69, 9.17) is 9.47 Å². The Morgan fingerprint density at radius 3 is 2.73 bits per heavy atom. The van der Waals surface area contributed by atoms with Crippen LogP contribution >= 0.6 is 0 Å². The van der Waals surface area contributed by atoms with Gasteiger partial charge in [-0.25, -0.2) is 0 Å². The summed E-state index contributed by atoms with van der Waals surface area (Å²) in [5.74, 6) is 0.945. The zero-order valence-corrected chi connectivity index (χ0v) is 9.67. The van der Waals surface area contributed by atoms with Crippen molar-refractivity contribution in [3.8, 4) is 5.75 Å². The molecule has 0 saturated heterocycles. The summed E-state index contributed by atoms with van der Waals surface area (Å²) in [7, 11) is 3.40. The lowest BCUT2D eigenvalue weighted by Gasteiger charge is -2.08. The Kier molecular flexibility index (Phi) is 5.15. The highest BCUT2D eigenvalue weighted by Gasteiger charge is 1.99. The lowest BCUT2D eigenvalue weighted by Crippen LogP contribution is -2.18. The van der Waals surface area contributed by atoms with Crippen LogP contribution in [0.25, 0.3) is 0 Å². The molecule has 0 spiro atoms. The zero-order chi connectivity index (χ0) is 11.1. The summed E-state index contributed by atoms with van der Waals surface area (Å²) in [5.41, 5.74) is 2.40. The molecule has 1 aromatic carbocycles. The Morgan fingerprint density at radius 1 is 1.27 bits per heavy atom. The van der Waals surface area contributed by atoms with E-state index in [0.717, 1.165) is 31.0 Å². The van der Waals surface area contributed by atoms with Crippen LogP contribution in [0.15, 0.2) is 18.2 Å². The minimum absolute atomic E-state index is 0.739. The smallest absolute Gasteiger partial charge is 0.122 e. The van der Waals surface area contributed by atoms with Gasteiger partial charge in [-0.15, -0.1) is 0 Å². The van der Waals surface area contributed by atoms with E-state index in [1.807, 2.05) is 6.92 Å². The molecular formula is C12H19NO2. The van der Waals surface area contributed by atoms with Crippen molar-refractivity contribution < 1.29 is 9.47 Å². The molecule has 0 aromatic heterocycles. The molecule has 0 aliphatic rings. The Bertz CT molecular complexity index is 300. The van der Waals surface area contributed by atoms with Gasteiger partial charge < -0.3 is 14.8 Å². The van der Waals surface area contributed by atoms with Crippen molar-refractivity contribution in [1.29, 1.82) is 0 Å². The molecular weight excluding hydrogens is 190 g/mol. The molecule has 0 radical (unpaired) electrons. The number of ether oxygens (including phenoxy) is 2. The lowest BCUT2D eigenvalue weighted by molar-refractivity contribution is 0.199. The minimum Gasteiger partial charge on any atom is -0.496 e. The van der Waals surface area contributed by atoms with Crippen molar-refractivity contribution in [2.75, 3.05) is 27.4 Å². The third kappa shape index (κ3) is 3.90. The largest absolute Gasteiger partial charge is 0.496 e.